The normalized spacial score (nSPS) is 15.1. The number of hydrogen-bond donors (Lipinski definition) is 1. The van der Waals surface area contributed by atoms with Gasteiger partial charge in [-0.15, -0.1) is 0 Å². The predicted molar refractivity (Wildman–Crippen MR) is 153 cm³/mol. The second-order valence-corrected chi connectivity index (χ2v) is 12.3. The van der Waals surface area contributed by atoms with E-state index in [9.17, 15) is 18.0 Å². The fourth-order valence-corrected chi connectivity index (χ4v) is 6.25. The van der Waals surface area contributed by atoms with Gasteiger partial charge in [0.25, 0.3) is 0 Å². The van der Waals surface area contributed by atoms with E-state index in [1.165, 1.54) is 17.0 Å². The zero-order valence-electron chi connectivity index (χ0n) is 23.3. The van der Waals surface area contributed by atoms with E-state index < -0.39 is 16.1 Å². The SMILES string of the molecule is CC[C@H](C(=O)NC1CCCCC1)N(Cc1ccccc1)C(=O)CCCN(c1cccc(C)c1C)S(C)(=O)=O. The summed E-state index contributed by atoms with van der Waals surface area (Å²) in [4.78, 5) is 28.6. The second kappa shape index (κ2) is 13.8. The molecule has 1 atom stereocenters. The number of carbonyl (C=O) groups is 2. The number of rotatable bonds is 12. The fourth-order valence-electron chi connectivity index (χ4n) is 5.23. The van der Waals surface area contributed by atoms with Crippen molar-refractivity contribution in [3.8, 4) is 0 Å². The van der Waals surface area contributed by atoms with Gasteiger partial charge in [-0.25, -0.2) is 8.42 Å². The van der Waals surface area contributed by atoms with Crippen LogP contribution in [-0.4, -0.2) is 50.0 Å². The number of amides is 2. The lowest BCUT2D eigenvalue weighted by Crippen LogP contribution is -2.51. The molecule has 1 aliphatic rings. The van der Waals surface area contributed by atoms with Crippen LogP contribution >= 0.6 is 0 Å². The summed E-state index contributed by atoms with van der Waals surface area (Å²) < 4.78 is 26.7. The van der Waals surface area contributed by atoms with Crippen LogP contribution in [0.25, 0.3) is 0 Å². The first-order chi connectivity index (χ1) is 18.1. The van der Waals surface area contributed by atoms with E-state index in [0.29, 0.717) is 25.1 Å². The van der Waals surface area contributed by atoms with Gasteiger partial charge >= 0.3 is 0 Å². The molecule has 1 saturated carbocycles. The van der Waals surface area contributed by atoms with Crippen molar-refractivity contribution < 1.29 is 18.0 Å². The van der Waals surface area contributed by atoms with Crippen LogP contribution in [0.3, 0.4) is 0 Å². The summed E-state index contributed by atoms with van der Waals surface area (Å²) in [5.74, 6) is -0.245. The largest absolute Gasteiger partial charge is 0.352 e. The molecule has 1 aliphatic carbocycles. The van der Waals surface area contributed by atoms with Crippen molar-refractivity contribution in [1.29, 1.82) is 0 Å². The number of nitrogens with one attached hydrogen (secondary N) is 1. The Balaban J connectivity index is 1.75. The van der Waals surface area contributed by atoms with Crippen molar-refractivity contribution in [2.45, 2.75) is 90.8 Å². The summed E-state index contributed by atoms with van der Waals surface area (Å²) in [6.45, 7) is 6.32. The smallest absolute Gasteiger partial charge is 0.243 e. The third-order valence-corrected chi connectivity index (χ3v) is 8.71. The minimum absolute atomic E-state index is 0.100. The van der Waals surface area contributed by atoms with Crippen LogP contribution in [0.2, 0.25) is 0 Å². The third kappa shape index (κ3) is 8.06. The van der Waals surface area contributed by atoms with Crippen molar-refractivity contribution in [3.05, 3.63) is 65.2 Å². The minimum Gasteiger partial charge on any atom is -0.352 e. The Bertz CT molecular complexity index is 1180. The molecule has 0 radical (unpaired) electrons. The number of benzene rings is 2. The maximum atomic E-state index is 13.6. The van der Waals surface area contributed by atoms with Gasteiger partial charge in [0, 0.05) is 25.6 Å². The molecule has 2 aromatic carbocycles. The van der Waals surface area contributed by atoms with Gasteiger partial charge in [0.15, 0.2) is 0 Å². The number of anilines is 1. The van der Waals surface area contributed by atoms with Crippen LogP contribution in [0.5, 0.6) is 0 Å². The molecule has 2 amide bonds. The molecular formula is C30H43N3O4S. The molecule has 0 aromatic heterocycles. The maximum absolute atomic E-state index is 13.6. The molecule has 1 fully saturated rings. The highest BCUT2D eigenvalue weighted by molar-refractivity contribution is 7.92. The van der Waals surface area contributed by atoms with Gasteiger partial charge in [0.2, 0.25) is 21.8 Å². The number of hydrogen-bond acceptors (Lipinski definition) is 4. The molecule has 3 rings (SSSR count). The van der Waals surface area contributed by atoms with Crippen LogP contribution in [0.15, 0.2) is 48.5 Å². The molecule has 8 heteroatoms. The fraction of sp³-hybridized carbons (Fsp3) is 0.533. The van der Waals surface area contributed by atoms with Gasteiger partial charge in [-0.1, -0.05) is 68.7 Å². The molecular weight excluding hydrogens is 498 g/mol. The molecule has 0 aliphatic heterocycles. The standard InChI is InChI=1S/C30H43N3O4S/c1-5-27(30(35)31-26-17-10-7-11-18-26)32(22-25-15-8-6-9-16-25)29(34)20-13-21-33(38(4,36)37)28-19-12-14-23(2)24(28)3/h6,8-9,12,14-16,19,26-27H,5,7,10-11,13,17-18,20-22H2,1-4H3,(H,31,35)/t27-/m1/s1. The van der Waals surface area contributed by atoms with E-state index in [1.807, 2.05) is 63.2 Å². The Labute approximate surface area is 228 Å². The Morgan fingerprint density at radius 3 is 2.32 bits per heavy atom. The summed E-state index contributed by atoms with van der Waals surface area (Å²) in [7, 11) is -3.53. The van der Waals surface area contributed by atoms with Crippen LogP contribution < -0.4 is 9.62 Å². The van der Waals surface area contributed by atoms with E-state index in [1.54, 1.807) is 11.0 Å². The number of sulfonamides is 1. The van der Waals surface area contributed by atoms with Gasteiger partial charge in [0.1, 0.15) is 6.04 Å². The first-order valence-electron chi connectivity index (χ1n) is 13.8. The maximum Gasteiger partial charge on any atom is 0.243 e. The molecule has 1 N–H and O–H groups in total. The molecule has 0 unspecified atom stereocenters. The van der Waals surface area contributed by atoms with Crippen molar-refractivity contribution in [2.75, 3.05) is 17.1 Å². The molecule has 7 nitrogen and oxygen atoms in total. The van der Waals surface area contributed by atoms with Crippen molar-refractivity contribution in [3.63, 3.8) is 0 Å². The van der Waals surface area contributed by atoms with Gasteiger partial charge in [0.05, 0.1) is 11.9 Å². The van der Waals surface area contributed by atoms with E-state index in [4.69, 9.17) is 0 Å². The average Bonchev–Trinajstić information content (AvgIpc) is 2.89. The highest BCUT2D eigenvalue weighted by Crippen LogP contribution is 2.26. The zero-order valence-corrected chi connectivity index (χ0v) is 24.1. The molecule has 2 aromatic rings. The van der Waals surface area contributed by atoms with E-state index in [0.717, 1.165) is 42.4 Å². The van der Waals surface area contributed by atoms with Gasteiger partial charge in [-0.05, 0) is 62.3 Å². The lowest BCUT2D eigenvalue weighted by molar-refractivity contribution is -0.141. The highest BCUT2D eigenvalue weighted by atomic mass is 32.2. The van der Waals surface area contributed by atoms with E-state index in [2.05, 4.69) is 5.32 Å². The van der Waals surface area contributed by atoms with Crippen molar-refractivity contribution >= 4 is 27.5 Å². The lowest BCUT2D eigenvalue weighted by atomic mass is 9.95. The highest BCUT2D eigenvalue weighted by Gasteiger charge is 2.30. The second-order valence-electron chi connectivity index (χ2n) is 10.4. The average molecular weight is 542 g/mol. The zero-order chi connectivity index (χ0) is 27.7. The molecule has 0 saturated heterocycles. The third-order valence-electron chi connectivity index (χ3n) is 7.53. The van der Waals surface area contributed by atoms with Crippen LogP contribution in [0.1, 0.15) is 75.0 Å². The number of carbonyl (C=O) groups excluding carboxylic acids is 2. The van der Waals surface area contributed by atoms with Crippen molar-refractivity contribution in [2.24, 2.45) is 0 Å². The molecule has 208 valence electrons. The monoisotopic (exact) mass is 541 g/mol. The summed E-state index contributed by atoms with van der Waals surface area (Å²) in [6.07, 6.45) is 7.60. The minimum atomic E-state index is -3.53. The van der Waals surface area contributed by atoms with Crippen LogP contribution in [-0.2, 0) is 26.2 Å². The first-order valence-corrected chi connectivity index (χ1v) is 15.6. The van der Waals surface area contributed by atoms with E-state index >= 15 is 0 Å². The van der Waals surface area contributed by atoms with Crippen molar-refractivity contribution in [1.82, 2.24) is 10.2 Å². The molecule has 38 heavy (non-hydrogen) atoms. The summed E-state index contributed by atoms with van der Waals surface area (Å²) >= 11 is 0. The van der Waals surface area contributed by atoms with Gasteiger partial charge < -0.3 is 10.2 Å². The van der Waals surface area contributed by atoms with E-state index in [-0.39, 0.29) is 30.8 Å². The van der Waals surface area contributed by atoms with Crippen LogP contribution in [0.4, 0.5) is 5.69 Å². The molecule has 0 bridgehead atoms. The summed E-state index contributed by atoms with van der Waals surface area (Å²) in [5, 5.41) is 3.20. The van der Waals surface area contributed by atoms with Gasteiger partial charge in [-0.2, -0.15) is 0 Å². The number of nitrogens with zero attached hydrogens (tertiary/aromatic N) is 2. The Morgan fingerprint density at radius 1 is 1.00 bits per heavy atom. The topological polar surface area (TPSA) is 86.8 Å². The summed E-state index contributed by atoms with van der Waals surface area (Å²) in [6, 6.07) is 14.9. The lowest BCUT2D eigenvalue weighted by Gasteiger charge is -2.33. The first kappa shape index (κ1) is 29.7. The predicted octanol–water partition coefficient (Wildman–Crippen LogP) is 5.11. The molecule has 0 heterocycles. The quantitative estimate of drug-likeness (QED) is 0.405. The Kier molecular flexibility index (Phi) is 10.8. The Morgan fingerprint density at radius 2 is 1.68 bits per heavy atom. The number of aryl methyl sites for hydroxylation is 1. The molecule has 0 spiro atoms. The van der Waals surface area contributed by atoms with Crippen LogP contribution in [0, 0.1) is 13.8 Å². The summed E-state index contributed by atoms with van der Waals surface area (Å²) in [5.41, 5.74) is 3.51. The Hall–Kier alpha value is -2.87. The van der Waals surface area contributed by atoms with Gasteiger partial charge in [-0.3, -0.25) is 13.9 Å².